The number of nitrogens with zero attached hydrogens (tertiary/aromatic N) is 1. The molecule has 2 N–H and O–H groups in total. The molecule has 0 fully saturated rings. The second-order valence-electron chi connectivity index (χ2n) is 1.92. The lowest BCUT2D eigenvalue weighted by molar-refractivity contribution is 0.322. The Morgan fingerprint density at radius 2 is 2.50 bits per heavy atom. The quantitative estimate of drug-likeness (QED) is 0.610. The van der Waals surface area contributed by atoms with Gasteiger partial charge in [-0.25, -0.2) is 4.98 Å². The van der Waals surface area contributed by atoms with Crippen LogP contribution in [0.1, 0.15) is 0 Å². The van der Waals surface area contributed by atoms with Crippen LogP contribution in [0.4, 0.5) is 0 Å². The van der Waals surface area contributed by atoms with E-state index in [4.69, 9.17) is 5.11 Å². The Morgan fingerprint density at radius 3 is 3.17 bits per heavy atom. The molecule has 12 heavy (non-hydrogen) atoms. The van der Waals surface area contributed by atoms with Gasteiger partial charge in [0, 0.05) is 5.75 Å². The van der Waals surface area contributed by atoms with Crippen LogP contribution in [-0.4, -0.2) is 27.4 Å². The predicted octanol–water partition coefficient (Wildman–Crippen LogP) is 0.617. The van der Waals surface area contributed by atoms with Gasteiger partial charge in [0.25, 0.3) is 5.56 Å². The van der Waals surface area contributed by atoms with Crippen molar-refractivity contribution in [2.24, 2.45) is 0 Å². The van der Waals surface area contributed by atoms with Crippen molar-refractivity contribution in [2.75, 3.05) is 12.4 Å². The molecule has 0 saturated heterocycles. The van der Waals surface area contributed by atoms with Gasteiger partial charge in [-0.2, -0.15) is 0 Å². The molecule has 1 heterocycles. The first-order valence-electron chi connectivity index (χ1n) is 3.22. The summed E-state index contributed by atoms with van der Waals surface area (Å²) < 4.78 is 0.420. The third-order valence-corrected chi connectivity index (χ3v) is 3.06. The first kappa shape index (κ1) is 9.76. The van der Waals surface area contributed by atoms with Crippen molar-refractivity contribution in [3.8, 4) is 0 Å². The highest BCUT2D eigenvalue weighted by atomic mass is 79.9. The zero-order valence-corrected chi connectivity index (χ0v) is 8.48. The highest BCUT2D eigenvalue weighted by molar-refractivity contribution is 9.10. The average Bonchev–Trinajstić information content (AvgIpc) is 2.08. The third-order valence-electron chi connectivity index (χ3n) is 1.09. The molecule has 1 rings (SSSR count). The molecule has 0 aliphatic heterocycles. The Labute approximate surface area is 81.5 Å². The molecular weight excluding hydrogens is 244 g/mol. The van der Waals surface area contributed by atoms with E-state index in [9.17, 15) is 4.79 Å². The largest absolute Gasteiger partial charge is 0.396 e. The number of rotatable bonds is 3. The van der Waals surface area contributed by atoms with E-state index >= 15 is 0 Å². The maximum absolute atomic E-state index is 11.0. The Hall–Kier alpha value is -0.330. The van der Waals surface area contributed by atoms with E-state index < -0.39 is 0 Å². The van der Waals surface area contributed by atoms with Crippen LogP contribution in [0.25, 0.3) is 0 Å². The summed E-state index contributed by atoms with van der Waals surface area (Å²) in [5.74, 6) is 0.537. The van der Waals surface area contributed by atoms with Gasteiger partial charge >= 0.3 is 0 Å². The van der Waals surface area contributed by atoms with Gasteiger partial charge in [-0.3, -0.25) is 4.79 Å². The number of hydrogen-bond donors (Lipinski definition) is 2. The number of nitrogens with one attached hydrogen (secondary N) is 1. The molecule has 1 aromatic heterocycles. The molecule has 0 spiro atoms. The number of aromatic amines is 1. The topological polar surface area (TPSA) is 66.0 Å². The minimum Gasteiger partial charge on any atom is -0.396 e. The number of thioether (sulfide) groups is 1. The summed E-state index contributed by atoms with van der Waals surface area (Å²) in [7, 11) is 0. The van der Waals surface area contributed by atoms with Gasteiger partial charge in [-0.15, -0.1) is 11.8 Å². The standard InChI is InChI=1S/C6H7BrN2O2S/c7-4-5(11)8-3-9-6(4)12-2-1-10/h3,10H,1-2H2,(H,8,9,11). The van der Waals surface area contributed by atoms with E-state index in [0.29, 0.717) is 15.3 Å². The van der Waals surface area contributed by atoms with Crippen molar-refractivity contribution >= 4 is 27.7 Å². The van der Waals surface area contributed by atoms with Crippen LogP contribution < -0.4 is 5.56 Å². The van der Waals surface area contributed by atoms with Crippen LogP contribution in [0, 0.1) is 0 Å². The van der Waals surface area contributed by atoms with Crippen LogP contribution in [0.15, 0.2) is 20.6 Å². The van der Waals surface area contributed by atoms with Crippen molar-refractivity contribution in [3.05, 3.63) is 21.2 Å². The lowest BCUT2D eigenvalue weighted by atomic mass is 10.7. The summed E-state index contributed by atoms with van der Waals surface area (Å²) in [4.78, 5) is 17.3. The van der Waals surface area contributed by atoms with Crippen molar-refractivity contribution in [1.82, 2.24) is 9.97 Å². The van der Waals surface area contributed by atoms with Gasteiger partial charge < -0.3 is 10.1 Å². The molecule has 0 radical (unpaired) electrons. The summed E-state index contributed by atoms with van der Waals surface area (Å²) in [6, 6.07) is 0. The monoisotopic (exact) mass is 250 g/mol. The van der Waals surface area contributed by atoms with E-state index in [1.165, 1.54) is 18.1 Å². The molecule has 66 valence electrons. The van der Waals surface area contributed by atoms with Gasteiger partial charge in [0.15, 0.2) is 0 Å². The molecule has 0 aliphatic carbocycles. The van der Waals surface area contributed by atoms with E-state index in [-0.39, 0.29) is 12.2 Å². The second kappa shape index (κ2) is 4.64. The lowest BCUT2D eigenvalue weighted by Gasteiger charge is -1.98. The fraction of sp³-hybridized carbons (Fsp3) is 0.333. The van der Waals surface area contributed by atoms with E-state index in [1.807, 2.05) is 0 Å². The Kier molecular flexibility index (Phi) is 3.77. The van der Waals surface area contributed by atoms with Gasteiger partial charge in [0.05, 0.1) is 12.9 Å². The zero-order valence-electron chi connectivity index (χ0n) is 6.08. The normalized spacial score (nSPS) is 10.2. The Bertz CT molecular complexity index is 315. The molecule has 1 aromatic rings. The maximum atomic E-state index is 11.0. The van der Waals surface area contributed by atoms with Crippen LogP contribution in [0.2, 0.25) is 0 Å². The molecule has 0 atom stereocenters. The van der Waals surface area contributed by atoms with Crippen molar-refractivity contribution < 1.29 is 5.11 Å². The van der Waals surface area contributed by atoms with Crippen molar-refractivity contribution in [1.29, 1.82) is 0 Å². The summed E-state index contributed by atoms with van der Waals surface area (Å²) in [6.07, 6.45) is 1.34. The molecular formula is C6H7BrN2O2S. The minimum absolute atomic E-state index is 0.0750. The molecule has 0 unspecified atom stereocenters. The molecule has 0 bridgehead atoms. The highest BCUT2D eigenvalue weighted by Crippen LogP contribution is 2.20. The van der Waals surface area contributed by atoms with E-state index in [2.05, 4.69) is 25.9 Å². The number of aliphatic hydroxyl groups excluding tert-OH is 1. The lowest BCUT2D eigenvalue weighted by Crippen LogP contribution is -2.08. The van der Waals surface area contributed by atoms with Crippen molar-refractivity contribution in [2.45, 2.75) is 5.03 Å². The van der Waals surface area contributed by atoms with Crippen LogP contribution in [0.5, 0.6) is 0 Å². The molecule has 4 nitrogen and oxygen atoms in total. The maximum Gasteiger partial charge on any atom is 0.266 e. The predicted molar refractivity (Wildman–Crippen MR) is 50.4 cm³/mol. The number of H-pyrrole nitrogens is 1. The van der Waals surface area contributed by atoms with Crippen molar-refractivity contribution in [3.63, 3.8) is 0 Å². The summed E-state index contributed by atoms with van der Waals surface area (Å²) in [5.41, 5.74) is -0.203. The minimum atomic E-state index is -0.203. The zero-order chi connectivity index (χ0) is 8.97. The highest BCUT2D eigenvalue weighted by Gasteiger charge is 2.04. The fourth-order valence-corrected chi connectivity index (χ4v) is 1.80. The Morgan fingerprint density at radius 1 is 1.75 bits per heavy atom. The van der Waals surface area contributed by atoms with Crippen LogP contribution in [-0.2, 0) is 0 Å². The van der Waals surface area contributed by atoms with Crippen LogP contribution >= 0.6 is 27.7 Å². The first-order chi connectivity index (χ1) is 5.75. The third kappa shape index (κ3) is 2.33. The number of halogens is 1. The molecule has 0 amide bonds. The van der Waals surface area contributed by atoms with E-state index in [1.54, 1.807) is 0 Å². The number of aliphatic hydroxyl groups is 1. The van der Waals surface area contributed by atoms with E-state index in [0.717, 1.165) is 0 Å². The molecule has 0 saturated carbocycles. The Balaban J connectivity index is 2.85. The number of hydrogen-bond acceptors (Lipinski definition) is 4. The molecule has 6 heteroatoms. The van der Waals surface area contributed by atoms with Gasteiger partial charge in [0.1, 0.15) is 9.50 Å². The summed E-state index contributed by atoms with van der Waals surface area (Å²) in [5, 5.41) is 9.14. The van der Waals surface area contributed by atoms with Gasteiger partial charge in [-0.05, 0) is 15.9 Å². The van der Waals surface area contributed by atoms with Gasteiger partial charge in [-0.1, -0.05) is 0 Å². The van der Waals surface area contributed by atoms with Crippen LogP contribution in [0.3, 0.4) is 0 Å². The second-order valence-corrected chi connectivity index (χ2v) is 3.80. The summed E-state index contributed by atoms with van der Waals surface area (Å²) >= 11 is 4.43. The average molecular weight is 251 g/mol. The fourth-order valence-electron chi connectivity index (χ4n) is 0.610. The smallest absolute Gasteiger partial charge is 0.266 e. The summed E-state index contributed by atoms with van der Waals surface area (Å²) in [6.45, 7) is 0.0750. The molecule has 0 aromatic carbocycles. The first-order valence-corrected chi connectivity index (χ1v) is 5.00. The molecule has 0 aliphatic rings. The SMILES string of the molecule is O=c1[nH]cnc(SCCO)c1Br. The number of aromatic nitrogens is 2. The van der Waals surface area contributed by atoms with Gasteiger partial charge in [0.2, 0.25) is 0 Å².